The third-order valence-corrected chi connectivity index (χ3v) is 4.55. The summed E-state index contributed by atoms with van der Waals surface area (Å²) in [6.45, 7) is 11.0. The van der Waals surface area contributed by atoms with Gasteiger partial charge in [-0.25, -0.2) is 4.68 Å². The highest BCUT2D eigenvalue weighted by molar-refractivity contribution is 5.63. The Morgan fingerprint density at radius 2 is 1.72 bits per heavy atom. The number of nitrogens with zero attached hydrogens (tertiary/aromatic N) is 2. The molecular weight excluding hydrogens is 304 g/mol. The van der Waals surface area contributed by atoms with Gasteiger partial charge in [-0.15, -0.1) is 0 Å². The molecule has 0 aliphatic heterocycles. The quantitative estimate of drug-likeness (QED) is 0.564. The second-order valence-corrected chi connectivity index (χ2v) is 7.83. The molecule has 0 spiro atoms. The van der Waals surface area contributed by atoms with E-state index in [-0.39, 0.29) is 5.41 Å². The zero-order chi connectivity index (χ0) is 18.0. The first-order valence-electron chi connectivity index (χ1n) is 9.15. The van der Waals surface area contributed by atoms with Crippen molar-refractivity contribution in [2.45, 2.75) is 52.9 Å². The van der Waals surface area contributed by atoms with Crippen molar-refractivity contribution in [2.24, 2.45) is 0 Å². The maximum atomic E-state index is 4.77. The molecule has 130 valence electrons. The molecule has 0 bridgehead atoms. The van der Waals surface area contributed by atoms with Gasteiger partial charge in [-0.3, -0.25) is 0 Å². The van der Waals surface area contributed by atoms with Crippen LogP contribution < -0.4 is 0 Å². The summed E-state index contributed by atoms with van der Waals surface area (Å²) in [4.78, 5) is 0. The molecule has 3 rings (SSSR count). The van der Waals surface area contributed by atoms with Crippen LogP contribution in [0.3, 0.4) is 0 Å². The van der Waals surface area contributed by atoms with E-state index in [0.29, 0.717) is 0 Å². The summed E-state index contributed by atoms with van der Waals surface area (Å²) in [5, 5.41) is 4.77. The molecule has 0 fully saturated rings. The van der Waals surface area contributed by atoms with Gasteiger partial charge in [0, 0.05) is 5.56 Å². The van der Waals surface area contributed by atoms with Crippen molar-refractivity contribution in [3.63, 3.8) is 0 Å². The second kappa shape index (κ2) is 6.87. The van der Waals surface area contributed by atoms with Gasteiger partial charge < -0.3 is 0 Å². The monoisotopic (exact) mass is 332 g/mol. The largest absolute Gasteiger partial charge is 0.233 e. The lowest BCUT2D eigenvalue weighted by atomic mass is 9.87. The van der Waals surface area contributed by atoms with Gasteiger partial charge >= 0.3 is 0 Å². The summed E-state index contributed by atoms with van der Waals surface area (Å²) in [6, 6.07) is 19.7. The van der Waals surface area contributed by atoms with E-state index in [4.69, 9.17) is 5.10 Å². The molecule has 0 aliphatic rings. The smallest absolute Gasteiger partial charge is 0.0743 e. The average Bonchev–Trinajstić information content (AvgIpc) is 2.97. The van der Waals surface area contributed by atoms with Gasteiger partial charge in [-0.05, 0) is 54.2 Å². The number of aryl methyl sites for hydroxylation is 2. The van der Waals surface area contributed by atoms with E-state index < -0.39 is 0 Å². The Morgan fingerprint density at radius 3 is 2.44 bits per heavy atom. The molecule has 0 unspecified atom stereocenters. The Morgan fingerprint density at radius 1 is 0.960 bits per heavy atom. The van der Waals surface area contributed by atoms with Crippen LogP contribution in [-0.2, 0) is 11.8 Å². The Labute approximate surface area is 151 Å². The summed E-state index contributed by atoms with van der Waals surface area (Å²) in [5.41, 5.74) is 7.37. The number of hydrogen-bond acceptors (Lipinski definition) is 1. The molecular formula is C23H28N2. The van der Waals surface area contributed by atoms with Gasteiger partial charge in [0.05, 0.1) is 17.1 Å². The first kappa shape index (κ1) is 17.5. The fourth-order valence-electron chi connectivity index (χ4n) is 3.18. The van der Waals surface area contributed by atoms with Crippen LogP contribution in [0, 0.1) is 6.92 Å². The summed E-state index contributed by atoms with van der Waals surface area (Å²) >= 11 is 0. The van der Waals surface area contributed by atoms with Crippen molar-refractivity contribution in [1.29, 1.82) is 0 Å². The summed E-state index contributed by atoms with van der Waals surface area (Å²) < 4.78 is 2.08. The van der Waals surface area contributed by atoms with Crippen molar-refractivity contribution in [2.75, 3.05) is 0 Å². The third-order valence-electron chi connectivity index (χ3n) is 4.55. The Bertz CT molecular complexity index is 866. The number of rotatable bonds is 4. The molecule has 0 saturated heterocycles. The molecule has 0 amide bonds. The van der Waals surface area contributed by atoms with Gasteiger partial charge in [-0.2, -0.15) is 5.10 Å². The maximum absolute atomic E-state index is 4.77. The molecule has 0 atom stereocenters. The summed E-state index contributed by atoms with van der Waals surface area (Å²) in [5.74, 6) is 0. The predicted octanol–water partition coefficient (Wildman–Crippen LogP) is 6.10. The van der Waals surface area contributed by atoms with Crippen LogP contribution in [0.4, 0.5) is 0 Å². The van der Waals surface area contributed by atoms with Crippen LogP contribution in [0.15, 0.2) is 54.6 Å². The molecule has 2 heteroatoms. The Hall–Kier alpha value is -2.35. The molecule has 0 radical (unpaired) electrons. The van der Waals surface area contributed by atoms with Gasteiger partial charge in [0.25, 0.3) is 0 Å². The fraction of sp³-hybridized carbons (Fsp3) is 0.348. The highest BCUT2D eigenvalue weighted by Gasteiger charge is 2.16. The molecule has 0 N–H and O–H groups in total. The van der Waals surface area contributed by atoms with Gasteiger partial charge in [0.1, 0.15) is 0 Å². The van der Waals surface area contributed by atoms with Crippen LogP contribution in [0.25, 0.3) is 16.9 Å². The van der Waals surface area contributed by atoms with E-state index in [2.05, 4.69) is 93.9 Å². The van der Waals surface area contributed by atoms with E-state index in [9.17, 15) is 0 Å². The number of aromatic nitrogens is 2. The first-order chi connectivity index (χ1) is 11.9. The minimum absolute atomic E-state index is 0.124. The highest BCUT2D eigenvalue weighted by atomic mass is 15.3. The Balaban J connectivity index is 2.10. The topological polar surface area (TPSA) is 17.8 Å². The molecule has 2 aromatic carbocycles. The van der Waals surface area contributed by atoms with Crippen LogP contribution in [0.2, 0.25) is 0 Å². The Kier molecular flexibility index (Phi) is 4.80. The lowest BCUT2D eigenvalue weighted by Crippen LogP contribution is -2.12. The minimum Gasteiger partial charge on any atom is -0.233 e. The van der Waals surface area contributed by atoms with Crippen molar-refractivity contribution >= 4 is 0 Å². The molecule has 1 aromatic heterocycles. The molecule has 2 nitrogen and oxygen atoms in total. The van der Waals surface area contributed by atoms with Crippen molar-refractivity contribution in [1.82, 2.24) is 9.78 Å². The van der Waals surface area contributed by atoms with Gasteiger partial charge in [0.15, 0.2) is 0 Å². The van der Waals surface area contributed by atoms with E-state index in [1.165, 1.54) is 16.7 Å². The van der Waals surface area contributed by atoms with Crippen LogP contribution >= 0.6 is 0 Å². The van der Waals surface area contributed by atoms with Crippen molar-refractivity contribution < 1.29 is 0 Å². The van der Waals surface area contributed by atoms with Gasteiger partial charge in [0.2, 0.25) is 0 Å². The van der Waals surface area contributed by atoms with Crippen LogP contribution in [0.5, 0.6) is 0 Å². The van der Waals surface area contributed by atoms with Gasteiger partial charge in [-0.1, -0.05) is 64.4 Å². The fourth-order valence-corrected chi connectivity index (χ4v) is 3.18. The van der Waals surface area contributed by atoms with E-state index in [1.807, 2.05) is 0 Å². The average molecular weight is 332 g/mol. The molecule has 0 aliphatic carbocycles. The van der Waals surface area contributed by atoms with Crippen molar-refractivity contribution in [3.05, 3.63) is 71.4 Å². The van der Waals surface area contributed by atoms with E-state index in [0.717, 1.165) is 29.9 Å². The number of benzene rings is 2. The van der Waals surface area contributed by atoms with Crippen LogP contribution in [0.1, 0.15) is 50.9 Å². The lowest BCUT2D eigenvalue weighted by Gasteiger charge is -2.20. The van der Waals surface area contributed by atoms with E-state index >= 15 is 0 Å². The number of hydrogen-bond donors (Lipinski definition) is 0. The second-order valence-electron chi connectivity index (χ2n) is 7.83. The van der Waals surface area contributed by atoms with Crippen LogP contribution in [-0.4, -0.2) is 9.78 Å². The maximum Gasteiger partial charge on any atom is 0.0743 e. The highest BCUT2D eigenvalue weighted by Crippen LogP contribution is 2.28. The zero-order valence-corrected chi connectivity index (χ0v) is 16.0. The minimum atomic E-state index is 0.124. The normalized spacial score (nSPS) is 11.7. The molecule has 1 heterocycles. The first-order valence-corrected chi connectivity index (χ1v) is 9.15. The zero-order valence-electron chi connectivity index (χ0n) is 16.0. The third kappa shape index (κ3) is 3.84. The SMILES string of the molecule is CCCc1cccc(-c2cc(C)nn2-c2cccc(C(C)(C)C)c2)c1. The molecule has 0 saturated carbocycles. The van der Waals surface area contributed by atoms with E-state index in [1.54, 1.807) is 0 Å². The standard InChI is InChI=1S/C23H28N2/c1-6-9-18-10-7-11-19(15-18)22-14-17(2)24-25(22)21-13-8-12-20(16-21)23(3,4)5/h7-8,10-16H,6,9H2,1-5H3. The lowest BCUT2D eigenvalue weighted by molar-refractivity contribution is 0.589. The van der Waals surface area contributed by atoms with Crippen molar-refractivity contribution in [3.8, 4) is 16.9 Å². The molecule has 25 heavy (non-hydrogen) atoms. The summed E-state index contributed by atoms with van der Waals surface area (Å²) in [6.07, 6.45) is 2.27. The molecule has 3 aromatic rings. The predicted molar refractivity (Wildman–Crippen MR) is 106 cm³/mol. The summed E-state index contributed by atoms with van der Waals surface area (Å²) in [7, 11) is 0.